The molecule has 37 heavy (non-hydrogen) atoms. The lowest BCUT2D eigenvalue weighted by atomic mass is 9.70. The van der Waals surface area contributed by atoms with Gasteiger partial charge >= 0.3 is 0 Å². The Hall–Kier alpha value is -4.24. The highest BCUT2D eigenvalue weighted by atomic mass is 16.4. The SMILES string of the molecule is CC(=O)O.CC(=O)O.O=c1ccc(CN2CCC(c3ccccc3)(c3cn4ccccc4n3)CC2)c[nH]1. The van der Waals surface area contributed by atoms with Crippen molar-refractivity contribution in [3.05, 3.63) is 106 Å². The van der Waals surface area contributed by atoms with Gasteiger partial charge < -0.3 is 19.6 Å². The summed E-state index contributed by atoms with van der Waals surface area (Å²) in [4.78, 5) is 39.6. The first-order valence-corrected chi connectivity index (χ1v) is 12.0. The molecule has 1 aliphatic rings. The van der Waals surface area contributed by atoms with Crippen LogP contribution < -0.4 is 5.56 Å². The van der Waals surface area contributed by atoms with Crippen molar-refractivity contribution < 1.29 is 19.8 Å². The monoisotopic (exact) mass is 504 g/mol. The van der Waals surface area contributed by atoms with E-state index < -0.39 is 11.9 Å². The van der Waals surface area contributed by atoms with E-state index >= 15 is 0 Å². The number of pyridine rings is 2. The summed E-state index contributed by atoms with van der Waals surface area (Å²) in [6, 6.07) is 20.5. The van der Waals surface area contributed by atoms with Crippen LogP contribution >= 0.6 is 0 Å². The Labute approximate surface area is 215 Å². The average Bonchev–Trinajstić information content (AvgIpc) is 3.31. The number of nitrogens with zero attached hydrogens (tertiary/aromatic N) is 3. The van der Waals surface area contributed by atoms with Crippen molar-refractivity contribution in [1.82, 2.24) is 19.3 Å². The molecule has 1 aliphatic heterocycles. The highest BCUT2D eigenvalue weighted by Crippen LogP contribution is 2.41. The molecule has 0 amide bonds. The van der Waals surface area contributed by atoms with E-state index in [9.17, 15) is 4.79 Å². The topological polar surface area (TPSA) is 128 Å². The Balaban J connectivity index is 0.000000420. The van der Waals surface area contributed by atoms with E-state index in [2.05, 4.69) is 63.1 Å². The zero-order valence-corrected chi connectivity index (χ0v) is 21.0. The lowest BCUT2D eigenvalue weighted by molar-refractivity contribution is -0.135. The van der Waals surface area contributed by atoms with Crippen molar-refractivity contribution in [2.75, 3.05) is 13.1 Å². The maximum atomic E-state index is 11.3. The second-order valence-corrected chi connectivity index (χ2v) is 8.92. The Morgan fingerprint density at radius 1 is 0.946 bits per heavy atom. The maximum Gasteiger partial charge on any atom is 0.300 e. The van der Waals surface area contributed by atoms with Gasteiger partial charge in [-0.05, 0) is 49.2 Å². The summed E-state index contributed by atoms with van der Waals surface area (Å²) < 4.78 is 2.12. The minimum absolute atomic E-state index is 0.0534. The molecule has 3 N–H and O–H groups in total. The second-order valence-electron chi connectivity index (χ2n) is 8.92. The molecule has 4 heterocycles. The van der Waals surface area contributed by atoms with Gasteiger partial charge in [0.1, 0.15) is 5.65 Å². The van der Waals surface area contributed by atoms with Crippen LogP contribution in [-0.4, -0.2) is 54.5 Å². The summed E-state index contributed by atoms with van der Waals surface area (Å²) in [7, 11) is 0. The molecule has 1 aromatic carbocycles. The molecule has 0 saturated carbocycles. The highest BCUT2D eigenvalue weighted by molar-refractivity contribution is 5.63. The molecule has 0 radical (unpaired) electrons. The standard InChI is InChI=1S/C24H24N4O.2C2H4O2/c29-23-10-9-19(16-25-23)17-27-14-11-24(12-15-27,20-6-2-1-3-7-20)21-18-28-13-5-4-8-22(28)26-21;2*1-2(3)4/h1-10,13,16,18H,11-12,14-15,17H2,(H,25,29);2*1H3,(H,3,4). The molecule has 0 spiro atoms. The third kappa shape index (κ3) is 7.62. The lowest BCUT2D eigenvalue weighted by Crippen LogP contribution is -2.43. The van der Waals surface area contributed by atoms with Gasteiger partial charge in [0, 0.05) is 50.5 Å². The number of imidazole rings is 1. The minimum atomic E-state index is -0.833. The quantitative estimate of drug-likeness (QED) is 0.386. The van der Waals surface area contributed by atoms with Gasteiger partial charge in [0.15, 0.2) is 0 Å². The number of hydrogen-bond acceptors (Lipinski definition) is 5. The van der Waals surface area contributed by atoms with Crippen LogP contribution in [0.15, 0.2) is 84.0 Å². The molecule has 9 heteroatoms. The molecule has 0 bridgehead atoms. The number of benzene rings is 1. The van der Waals surface area contributed by atoms with E-state index in [-0.39, 0.29) is 11.0 Å². The lowest BCUT2D eigenvalue weighted by Gasteiger charge is -2.41. The zero-order chi connectivity index (χ0) is 26.8. The Morgan fingerprint density at radius 3 is 2.14 bits per heavy atom. The van der Waals surface area contributed by atoms with Crippen molar-refractivity contribution in [2.45, 2.75) is 38.6 Å². The first kappa shape index (κ1) is 27.3. The van der Waals surface area contributed by atoms with Gasteiger partial charge in [0.2, 0.25) is 5.56 Å². The molecule has 0 aliphatic carbocycles. The smallest absolute Gasteiger partial charge is 0.300 e. The van der Waals surface area contributed by atoms with Gasteiger partial charge in [-0.3, -0.25) is 19.3 Å². The van der Waals surface area contributed by atoms with Crippen LogP contribution in [0.2, 0.25) is 0 Å². The summed E-state index contributed by atoms with van der Waals surface area (Å²) >= 11 is 0. The van der Waals surface area contributed by atoms with Gasteiger partial charge in [-0.25, -0.2) is 4.98 Å². The van der Waals surface area contributed by atoms with Gasteiger partial charge in [-0.2, -0.15) is 0 Å². The van der Waals surface area contributed by atoms with Crippen LogP contribution in [0.4, 0.5) is 0 Å². The van der Waals surface area contributed by atoms with Gasteiger partial charge in [-0.15, -0.1) is 0 Å². The third-order valence-corrected chi connectivity index (χ3v) is 6.15. The predicted octanol–water partition coefficient (Wildman–Crippen LogP) is 3.79. The molecule has 194 valence electrons. The van der Waals surface area contributed by atoms with Crippen molar-refractivity contribution in [1.29, 1.82) is 0 Å². The fourth-order valence-corrected chi connectivity index (χ4v) is 4.51. The molecular formula is C28H32N4O5. The van der Waals surface area contributed by atoms with E-state index in [1.54, 1.807) is 6.07 Å². The number of hydrogen-bond donors (Lipinski definition) is 3. The number of aromatic amines is 1. The number of fused-ring (bicyclic) bond motifs is 1. The number of piperidine rings is 1. The van der Waals surface area contributed by atoms with Crippen LogP contribution in [0.3, 0.4) is 0 Å². The largest absolute Gasteiger partial charge is 0.481 e. The van der Waals surface area contributed by atoms with E-state index in [0.29, 0.717) is 0 Å². The summed E-state index contributed by atoms with van der Waals surface area (Å²) in [5, 5.41) is 14.8. The van der Waals surface area contributed by atoms with Crippen LogP contribution in [0.25, 0.3) is 5.65 Å². The highest BCUT2D eigenvalue weighted by Gasteiger charge is 2.39. The van der Waals surface area contributed by atoms with Gasteiger partial charge in [0.05, 0.1) is 5.69 Å². The molecule has 1 saturated heterocycles. The number of likely N-dealkylation sites (tertiary alicyclic amines) is 1. The molecule has 0 unspecified atom stereocenters. The number of aliphatic carboxylic acids is 2. The number of carboxylic acid groups (broad SMARTS) is 2. The fraction of sp³-hybridized carbons (Fsp3) is 0.286. The maximum absolute atomic E-state index is 11.3. The summed E-state index contributed by atoms with van der Waals surface area (Å²) in [6.07, 6.45) is 8.12. The van der Waals surface area contributed by atoms with E-state index in [1.807, 2.05) is 24.4 Å². The summed E-state index contributed by atoms with van der Waals surface area (Å²) in [6.45, 7) is 5.00. The molecule has 3 aromatic heterocycles. The molecule has 1 fully saturated rings. The van der Waals surface area contributed by atoms with Crippen molar-refractivity contribution >= 4 is 17.6 Å². The first-order chi connectivity index (χ1) is 17.7. The van der Waals surface area contributed by atoms with E-state index in [0.717, 1.165) is 63.2 Å². The van der Waals surface area contributed by atoms with Crippen molar-refractivity contribution in [3.8, 4) is 0 Å². The fourth-order valence-electron chi connectivity index (χ4n) is 4.51. The number of rotatable bonds is 4. The normalized spacial score (nSPS) is 14.5. The van der Waals surface area contributed by atoms with Crippen LogP contribution in [0, 0.1) is 0 Å². The molecule has 4 aromatic rings. The predicted molar refractivity (Wildman–Crippen MR) is 141 cm³/mol. The van der Waals surface area contributed by atoms with Crippen LogP contribution in [0.1, 0.15) is 43.5 Å². The molecular weight excluding hydrogens is 472 g/mol. The Bertz CT molecular complexity index is 1300. The Morgan fingerprint density at radius 2 is 1.57 bits per heavy atom. The molecule has 5 rings (SSSR count). The van der Waals surface area contributed by atoms with Crippen LogP contribution in [-0.2, 0) is 21.5 Å². The zero-order valence-electron chi connectivity index (χ0n) is 21.0. The van der Waals surface area contributed by atoms with Gasteiger partial charge in [0.25, 0.3) is 11.9 Å². The Kier molecular flexibility index (Phi) is 9.34. The summed E-state index contributed by atoms with van der Waals surface area (Å²) in [5.74, 6) is -1.67. The van der Waals surface area contributed by atoms with E-state index in [1.165, 1.54) is 5.56 Å². The number of H-pyrrole nitrogens is 1. The number of aromatic nitrogens is 3. The number of carboxylic acids is 2. The number of nitrogens with one attached hydrogen (secondary N) is 1. The molecule has 9 nitrogen and oxygen atoms in total. The van der Waals surface area contributed by atoms with Crippen molar-refractivity contribution in [3.63, 3.8) is 0 Å². The summed E-state index contributed by atoms with van der Waals surface area (Å²) in [5.41, 5.74) is 4.50. The van der Waals surface area contributed by atoms with Crippen LogP contribution in [0.5, 0.6) is 0 Å². The van der Waals surface area contributed by atoms with Gasteiger partial charge in [-0.1, -0.05) is 42.5 Å². The van der Waals surface area contributed by atoms with E-state index in [4.69, 9.17) is 24.8 Å². The average molecular weight is 505 g/mol. The minimum Gasteiger partial charge on any atom is -0.481 e. The molecule has 0 atom stereocenters. The van der Waals surface area contributed by atoms with Crippen molar-refractivity contribution in [2.24, 2.45) is 0 Å². The third-order valence-electron chi connectivity index (χ3n) is 6.15. The second kappa shape index (κ2) is 12.6. The number of carbonyl (C=O) groups is 2. The first-order valence-electron chi connectivity index (χ1n) is 12.0.